The Balaban J connectivity index is 1.29. The van der Waals surface area contributed by atoms with E-state index in [-0.39, 0.29) is 18.0 Å². The van der Waals surface area contributed by atoms with Crippen molar-refractivity contribution in [3.63, 3.8) is 0 Å². The molecule has 1 aliphatic carbocycles. The van der Waals surface area contributed by atoms with Crippen molar-refractivity contribution in [2.75, 3.05) is 32.1 Å². The average molecular weight is 526 g/mol. The lowest BCUT2D eigenvalue weighted by molar-refractivity contribution is 0.134. The van der Waals surface area contributed by atoms with Crippen LogP contribution in [0.3, 0.4) is 0 Å². The summed E-state index contributed by atoms with van der Waals surface area (Å²) in [7, 11) is 3.62. The number of nitrogens with zero attached hydrogens (tertiary/aromatic N) is 5. The molecule has 39 heavy (non-hydrogen) atoms. The van der Waals surface area contributed by atoms with Crippen LogP contribution in [-0.2, 0) is 18.2 Å². The Morgan fingerprint density at radius 1 is 1.13 bits per heavy atom. The van der Waals surface area contributed by atoms with Crippen LogP contribution < -0.4 is 10.6 Å². The van der Waals surface area contributed by atoms with Crippen molar-refractivity contribution >= 4 is 11.8 Å². The molecule has 1 fully saturated rings. The summed E-state index contributed by atoms with van der Waals surface area (Å²) in [6.07, 6.45) is 5.87. The summed E-state index contributed by atoms with van der Waals surface area (Å²) in [5.41, 5.74) is 6.19. The number of fused-ring (bicyclic) bond motifs is 3. The second-order valence-electron chi connectivity index (χ2n) is 10.5. The van der Waals surface area contributed by atoms with Gasteiger partial charge in [0, 0.05) is 56.5 Å². The molecule has 0 spiro atoms. The van der Waals surface area contributed by atoms with Crippen LogP contribution in [0.5, 0.6) is 0 Å². The van der Waals surface area contributed by atoms with Crippen molar-refractivity contribution in [1.82, 2.24) is 29.8 Å². The first-order valence-electron chi connectivity index (χ1n) is 13.6. The fourth-order valence-corrected chi connectivity index (χ4v) is 6.30. The van der Waals surface area contributed by atoms with E-state index in [4.69, 9.17) is 9.84 Å². The van der Waals surface area contributed by atoms with Gasteiger partial charge >= 0.3 is 6.03 Å². The zero-order valence-electron chi connectivity index (χ0n) is 22.7. The van der Waals surface area contributed by atoms with E-state index >= 15 is 0 Å². The monoisotopic (exact) mass is 525 g/mol. The standard InChI is InChI=1S/C30H35N7O2/c1-20-28(22-17-31-35(2)18-22)34-37(23-10-5-4-6-11-23)29(20)33-30(38)32-25-19-36(15-16-39-3)26-14-13-21-9-7-8-12-24(21)27(25)26/h4-12,17-18,25-27H,13-16,19H2,1-3H3,(H2,32,33,38)/t25-,26-,27+/m1/s1. The molecule has 2 aromatic heterocycles. The van der Waals surface area contributed by atoms with Gasteiger partial charge in [0.1, 0.15) is 11.5 Å². The van der Waals surface area contributed by atoms with Crippen molar-refractivity contribution in [3.8, 4) is 16.9 Å². The minimum atomic E-state index is -0.228. The highest BCUT2D eigenvalue weighted by atomic mass is 16.5. The Hall–Kier alpha value is -3.95. The minimum Gasteiger partial charge on any atom is -0.383 e. The Morgan fingerprint density at radius 2 is 1.92 bits per heavy atom. The molecule has 9 nitrogen and oxygen atoms in total. The van der Waals surface area contributed by atoms with E-state index in [1.54, 1.807) is 22.7 Å². The van der Waals surface area contributed by atoms with Gasteiger partial charge in [0.05, 0.1) is 24.5 Å². The van der Waals surface area contributed by atoms with Crippen LogP contribution in [0.4, 0.5) is 10.6 Å². The number of benzene rings is 2. The first kappa shape index (κ1) is 25.3. The van der Waals surface area contributed by atoms with Gasteiger partial charge < -0.3 is 10.1 Å². The third-order valence-electron chi connectivity index (χ3n) is 8.10. The van der Waals surface area contributed by atoms with E-state index in [0.717, 1.165) is 48.4 Å². The third-order valence-corrected chi connectivity index (χ3v) is 8.10. The van der Waals surface area contributed by atoms with Gasteiger partial charge in [-0.05, 0) is 43.0 Å². The summed E-state index contributed by atoms with van der Waals surface area (Å²) >= 11 is 0. The molecule has 2 aliphatic rings. The minimum absolute atomic E-state index is 0.0143. The molecule has 1 aliphatic heterocycles. The number of rotatable bonds is 7. The lowest BCUT2D eigenvalue weighted by Crippen LogP contribution is -2.43. The summed E-state index contributed by atoms with van der Waals surface area (Å²) < 4.78 is 8.96. The predicted molar refractivity (Wildman–Crippen MR) is 151 cm³/mol. The van der Waals surface area contributed by atoms with Gasteiger partial charge in [-0.1, -0.05) is 42.5 Å². The number of amides is 2. The summed E-state index contributed by atoms with van der Waals surface area (Å²) in [5.74, 6) is 0.885. The van der Waals surface area contributed by atoms with Crippen molar-refractivity contribution in [3.05, 3.63) is 83.7 Å². The molecule has 2 N–H and O–H groups in total. The fourth-order valence-electron chi connectivity index (χ4n) is 6.30. The molecule has 6 rings (SSSR count). The van der Waals surface area contributed by atoms with Gasteiger partial charge in [-0.2, -0.15) is 10.2 Å². The van der Waals surface area contributed by atoms with E-state index in [1.807, 2.05) is 50.5 Å². The summed E-state index contributed by atoms with van der Waals surface area (Å²) in [6, 6.07) is 18.7. The second-order valence-corrected chi connectivity index (χ2v) is 10.5. The number of nitrogens with one attached hydrogen (secondary N) is 2. The molecule has 2 amide bonds. The maximum absolute atomic E-state index is 13.6. The zero-order chi connectivity index (χ0) is 26.9. The molecule has 0 radical (unpaired) electrons. The molecular formula is C30H35N7O2. The number of hydrogen-bond acceptors (Lipinski definition) is 5. The van der Waals surface area contributed by atoms with Crippen LogP contribution in [0.1, 0.15) is 29.0 Å². The molecule has 3 atom stereocenters. The number of carbonyl (C=O) groups excluding carboxylic acids is 1. The van der Waals surface area contributed by atoms with Crippen LogP contribution in [-0.4, -0.2) is 69.4 Å². The third kappa shape index (κ3) is 4.84. The van der Waals surface area contributed by atoms with E-state index < -0.39 is 0 Å². The van der Waals surface area contributed by atoms with Gasteiger partial charge in [-0.25, -0.2) is 9.48 Å². The van der Waals surface area contributed by atoms with E-state index in [2.05, 4.69) is 44.9 Å². The van der Waals surface area contributed by atoms with Crippen molar-refractivity contribution in [2.24, 2.45) is 7.05 Å². The van der Waals surface area contributed by atoms with Crippen LogP contribution in [0.2, 0.25) is 0 Å². The number of urea groups is 1. The molecule has 3 heterocycles. The molecule has 0 saturated carbocycles. The van der Waals surface area contributed by atoms with Gasteiger partial charge in [-0.15, -0.1) is 0 Å². The lowest BCUT2D eigenvalue weighted by atomic mass is 9.78. The Kier molecular flexibility index (Phi) is 6.93. The summed E-state index contributed by atoms with van der Waals surface area (Å²) in [5, 5.41) is 15.7. The fraction of sp³-hybridized carbons (Fsp3) is 0.367. The molecule has 202 valence electrons. The zero-order valence-corrected chi connectivity index (χ0v) is 22.7. The normalized spacial score (nSPS) is 20.4. The first-order chi connectivity index (χ1) is 19.0. The van der Waals surface area contributed by atoms with Crippen LogP contribution in [0.15, 0.2) is 67.0 Å². The van der Waals surface area contributed by atoms with Gasteiger partial charge in [0.15, 0.2) is 0 Å². The molecule has 0 bridgehead atoms. The van der Waals surface area contributed by atoms with Crippen molar-refractivity contribution < 1.29 is 9.53 Å². The topological polar surface area (TPSA) is 89.2 Å². The number of hydrogen-bond donors (Lipinski definition) is 2. The van der Waals surface area contributed by atoms with Gasteiger partial charge in [-0.3, -0.25) is 14.9 Å². The Morgan fingerprint density at radius 3 is 2.69 bits per heavy atom. The number of aromatic nitrogens is 4. The number of para-hydroxylation sites is 1. The second kappa shape index (κ2) is 10.7. The van der Waals surface area contributed by atoms with E-state index in [1.165, 1.54) is 11.1 Å². The van der Waals surface area contributed by atoms with E-state index in [9.17, 15) is 4.79 Å². The maximum Gasteiger partial charge on any atom is 0.320 e. The number of methoxy groups -OCH3 is 1. The number of likely N-dealkylation sites (tertiary alicyclic amines) is 1. The Bertz CT molecular complexity index is 1460. The van der Waals surface area contributed by atoms with Gasteiger partial charge in [0.25, 0.3) is 0 Å². The summed E-state index contributed by atoms with van der Waals surface area (Å²) in [6.45, 7) is 4.31. The van der Waals surface area contributed by atoms with E-state index in [0.29, 0.717) is 18.5 Å². The molecule has 4 aromatic rings. The quantitative estimate of drug-likeness (QED) is 0.379. The van der Waals surface area contributed by atoms with Crippen LogP contribution >= 0.6 is 0 Å². The molecule has 2 aromatic carbocycles. The highest BCUT2D eigenvalue weighted by Gasteiger charge is 2.45. The number of anilines is 1. The molecule has 0 unspecified atom stereocenters. The van der Waals surface area contributed by atoms with Crippen molar-refractivity contribution in [2.45, 2.75) is 37.8 Å². The van der Waals surface area contributed by atoms with Crippen molar-refractivity contribution in [1.29, 1.82) is 0 Å². The van der Waals surface area contributed by atoms with Crippen LogP contribution in [0, 0.1) is 6.92 Å². The van der Waals surface area contributed by atoms with Gasteiger partial charge in [0.2, 0.25) is 0 Å². The number of aryl methyl sites for hydroxylation is 2. The lowest BCUT2D eigenvalue weighted by Gasteiger charge is -2.34. The smallest absolute Gasteiger partial charge is 0.320 e. The first-order valence-corrected chi connectivity index (χ1v) is 13.6. The molecule has 1 saturated heterocycles. The maximum atomic E-state index is 13.6. The Labute approximate surface area is 228 Å². The number of carbonyl (C=O) groups is 1. The van der Waals surface area contributed by atoms with Crippen LogP contribution in [0.25, 0.3) is 16.9 Å². The summed E-state index contributed by atoms with van der Waals surface area (Å²) in [4.78, 5) is 16.1. The molecular weight excluding hydrogens is 490 g/mol. The average Bonchev–Trinajstić information content (AvgIpc) is 3.63. The molecule has 9 heteroatoms. The largest absolute Gasteiger partial charge is 0.383 e. The predicted octanol–water partition coefficient (Wildman–Crippen LogP) is 4.13. The SMILES string of the molecule is COCCN1C[C@@H](NC(=O)Nc2c(C)c(-c3cnn(C)c3)nn2-c2ccccc2)[C@@H]2c3ccccc3CC[C@H]21. The number of ether oxygens (including phenoxy) is 1. The highest BCUT2D eigenvalue weighted by molar-refractivity contribution is 5.91. The highest BCUT2D eigenvalue weighted by Crippen LogP contribution is 2.41.